The van der Waals surface area contributed by atoms with Gasteiger partial charge in [0.2, 0.25) is 0 Å². The van der Waals surface area contributed by atoms with Crippen LogP contribution in [0.4, 0.5) is 5.69 Å². The lowest BCUT2D eigenvalue weighted by Gasteiger charge is -2.15. The highest BCUT2D eigenvalue weighted by Crippen LogP contribution is 2.37. The Morgan fingerprint density at radius 1 is 1.14 bits per heavy atom. The predicted molar refractivity (Wildman–Crippen MR) is 148 cm³/mol. The SMILES string of the molecule is CCOc1cc(/C=C(\C#N)C(=O)Nc2c(Cl)cccc2Cl)cc(I)c1OS(=O)(=O)c1ccc(C)cc1. The van der Waals surface area contributed by atoms with Gasteiger partial charge in [0.1, 0.15) is 16.5 Å². The second-order valence-corrected chi connectivity index (χ2v) is 10.9. The zero-order chi connectivity index (χ0) is 26.5. The number of aryl methyl sites for hydroxylation is 1. The van der Waals surface area contributed by atoms with Crippen molar-refractivity contribution in [2.75, 3.05) is 11.9 Å². The number of nitriles is 1. The molecule has 11 heteroatoms. The zero-order valence-electron chi connectivity index (χ0n) is 19.0. The molecule has 0 aliphatic rings. The Morgan fingerprint density at radius 2 is 1.78 bits per heavy atom. The average Bonchev–Trinajstić information content (AvgIpc) is 2.82. The molecule has 0 atom stereocenters. The highest BCUT2D eigenvalue weighted by Gasteiger charge is 2.22. The molecule has 186 valence electrons. The van der Waals surface area contributed by atoms with Crippen molar-refractivity contribution >= 4 is 73.6 Å². The minimum Gasteiger partial charge on any atom is -0.490 e. The van der Waals surface area contributed by atoms with Gasteiger partial charge in [0.25, 0.3) is 5.91 Å². The fourth-order valence-corrected chi connectivity index (χ4v) is 5.33. The molecule has 0 spiro atoms. The predicted octanol–water partition coefficient (Wildman–Crippen LogP) is 6.62. The third kappa shape index (κ3) is 6.70. The summed E-state index contributed by atoms with van der Waals surface area (Å²) in [5.74, 6) is -0.582. The van der Waals surface area contributed by atoms with Crippen molar-refractivity contribution in [2.24, 2.45) is 0 Å². The molecule has 0 fully saturated rings. The van der Waals surface area contributed by atoms with E-state index in [0.29, 0.717) is 9.13 Å². The number of hydrogen-bond acceptors (Lipinski definition) is 6. The summed E-state index contributed by atoms with van der Waals surface area (Å²) in [6.45, 7) is 3.80. The quantitative estimate of drug-likeness (QED) is 0.126. The molecule has 1 amide bonds. The molecule has 1 N–H and O–H groups in total. The van der Waals surface area contributed by atoms with E-state index in [1.54, 1.807) is 43.3 Å². The minimum absolute atomic E-state index is 0.000911. The molecule has 0 radical (unpaired) electrons. The first kappa shape index (κ1) is 27.8. The molecule has 0 aliphatic heterocycles. The van der Waals surface area contributed by atoms with Crippen molar-refractivity contribution in [3.8, 4) is 17.6 Å². The van der Waals surface area contributed by atoms with E-state index in [4.69, 9.17) is 32.1 Å². The molecule has 0 heterocycles. The molecule has 3 aromatic carbocycles. The maximum absolute atomic E-state index is 12.8. The van der Waals surface area contributed by atoms with E-state index in [1.807, 2.05) is 35.6 Å². The van der Waals surface area contributed by atoms with Crippen LogP contribution in [0.15, 0.2) is 65.1 Å². The van der Waals surface area contributed by atoms with Gasteiger partial charge in [-0.1, -0.05) is 47.0 Å². The van der Waals surface area contributed by atoms with Crippen LogP contribution in [0.2, 0.25) is 10.0 Å². The smallest absolute Gasteiger partial charge is 0.339 e. The highest BCUT2D eigenvalue weighted by molar-refractivity contribution is 14.1. The van der Waals surface area contributed by atoms with Gasteiger partial charge in [-0.25, -0.2) is 0 Å². The van der Waals surface area contributed by atoms with E-state index in [1.165, 1.54) is 24.3 Å². The minimum atomic E-state index is -4.13. The number of benzene rings is 3. The van der Waals surface area contributed by atoms with Gasteiger partial charge in [-0.2, -0.15) is 13.7 Å². The number of anilines is 1. The Hall–Kier alpha value is -2.78. The summed E-state index contributed by atoms with van der Waals surface area (Å²) in [4.78, 5) is 12.7. The maximum atomic E-state index is 12.8. The first-order valence-corrected chi connectivity index (χ1v) is 13.6. The number of rotatable bonds is 8. The monoisotopic (exact) mass is 656 g/mol. The summed E-state index contributed by atoms with van der Waals surface area (Å²) in [5, 5.41) is 12.6. The van der Waals surface area contributed by atoms with Gasteiger partial charge in [-0.05, 0) is 84.5 Å². The van der Waals surface area contributed by atoms with E-state index in [0.717, 1.165) is 5.56 Å². The number of ether oxygens (including phenoxy) is 1. The topological polar surface area (TPSA) is 105 Å². The summed E-state index contributed by atoms with van der Waals surface area (Å²) in [5.41, 5.74) is 1.27. The number of amides is 1. The summed E-state index contributed by atoms with van der Waals surface area (Å²) < 4.78 is 37.1. The Labute approximate surface area is 232 Å². The second kappa shape index (κ2) is 12.0. The van der Waals surface area contributed by atoms with Gasteiger partial charge < -0.3 is 14.2 Å². The van der Waals surface area contributed by atoms with Gasteiger partial charge in [0.15, 0.2) is 11.5 Å². The Balaban J connectivity index is 1.96. The fraction of sp³-hybridized carbons (Fsp3) is 0.120. The normalized spacial score (nSPS) is 11.5. The van der Waals surface area contributed by atoms with Crippen LogP contribution in [0.5, 0.6) is 11.5 Å². The third-order valence-corrected chi connectivity index (χ3v) is 7.38. The molecule has 3 rings (SSSR count). The van der Waals surface area contributed by atoms with Crippen molar-refractivity contribution in [3.05, 3.63) is 84.9 Å². The standard InChI is InChI=1S/C25H19Cl2IN2O5S/c1-3-34-22-13-16(11-17(14-29)25(31)30-23-19(26)5-4-6-20(23)27)12-21(28)24(22)35-36(32,33)18-9-7-15(2)8-10-18/h4-13H,3H2,1-2H3,(H,30,31)/b17-11+. The molecule has 0 bridgehead atoms. The number of nitrogens with one attached hydrogen (secondary N) is 1. The number of para-hydroxylation sites is 1. The summed E-state index contributed by atoms with van der Waals surface area (Å²) in [6, 6.07) is 15.9. The van der Waals surface area contributed by atoms with Crippen LogP contribution in [0.3, 0.4) is 0 Å². The molecule has 3 aromatic rings. The molecule has 0 aromatic heterocycles. The van der Waals surface area contributed by atoms with Crippen LogP contribution in [0.1, 0.15) is 18.1 Å². The van der Waals surface area contributed by atoms with Gasteiger partial charge in [-0.3, -0.25) is 4.79 Å². The van der Waals surface area contributed by atoms with Crippen LogP contribution in [0, 0.1) is 21.8 Å². The average molecular weight is 657 g/mol. The number of halogens is 3. The molecular formula is C25H19Cl2IN2O5S. The molecule has 0 saturated carbocycles. The van der Waals surface area contributed by atoms with Crippen LogP contribution in [0.25, 0.3) is 6.08 Å². The third-order valence-electron chi connectivity index (χ3n) is 4.71. The van der Waals surface area contributed by atoms with Crippen LogP contribution in [-0.2, 0) is 14.9 Å². The Morgan fingerprint density at radius 3 is 2.36 bits per heavy atom. The zero-order valence-corrected chi connectivity index (χ0v) is 23.5. The van der Waals surface area contributed by atoms with Crippen molar-refractivity contribution in [3.63, 3.8) is 0 Å². The summed E-state index contributed by atoms with van der Waals surface area (Å²) >= 11 is 14.1. The van der Waals surface area contributed by atoms with Crippen molar-refractivity contribution < 1.29 is 22.1 Å². The van der Waals surface area contributed by atoms with Crippen LogP contribution >= 0.6 is 45.8 Å². The second-order valence-electron chi connectivity index (χ2n) is 7.33. The lowest BCUT2D eigenvalue weighted by molar-refractivity contribution is -0.112. The van der Waals surface area contributed by atoms with E-state index >= 15 is 0 Å². The fourth-order valence-electron chi connectivity index (χ4n) is 2.99. The summed E-state index contributed by atoms with van der Waals surface area (Å²) in [7, 11) is -4.13. The molecule has 36 heavy (non-hydrogen) atoms. The lowest BCUT2D eigenvalue weighted by atomic mass is 10.1. The molecule has 0 unspecified atom stereocenters. The molecule has 0 saturated heterocycles. The number of carbonyl (C=O) groups is 1. The van der Waals surface area contributed by atoms with Crippen molar-refractivity contribution in [1.82, 2.24) is 0 Å². The number of nitrogens with zero attached hydrogens (tertiary/aromatic N) is 1. The van der Waals surface area contributed by atoms with Gasteiger partial charge in [0.05, 0.1) is 25.9 Å². The molecule has 0 aliphatic carbocycles. The van der Waals surface area contributed by atoms with Gasteiger partial charge in [0, 0.05) is 0 Å². The van der Waals surface area contributed by atoms with Gasteiger partial charge >= 0.3 is 10.1 Å². The van der Waals surface area contributed by atoms with E-state index in [9.17, 15) is 18.5 Å². The van der Waals surface area contributed by atoms with E-state index in [2.05, 4.69) is 5.32 Å². The Kier molecular flexibility index (Phi) is 9.24. The van der Waals surface area contributed by atoms with E-state index in [-0.39, 0.29) is 44.3 Å². The molecular weight excluding hydrogens is 638 g/mol. The highest BCUT2D eigenvalue weighted by atomic mass is 127. The summed E-state index contributed by atoms with van der Waals surface area (Å²) in [6.07, 6.45) is 1.34. The van der Waals surface area contributed by atoms with Gasteiger partial charge in [-0.15, -0.1) is 0 Å². The number of hydrogen-bond donors (Lipinski definition) is 1. The van der Waals surface area contributed by atoms with Crippen molar-refractivity contribution in [2.45, 2.75) is 18.7 Å². The van der Waals surface area contributed by atoms with Crippen LogP contribution in [-0.4, -0.2) is 20.9 Å². The maximum Gasteiger partial charge on any atom is 0.339 e. The number of carbonyl (C=O) groups excluding carboxylic acids is 1. The largest absolute Gasteiger partial charge is 0.490 e. The first-order valence-electron chi connectivity index (χ1n) is 10.4. The van der Waals surface area contributed by atoms with Crippen LogP contribution < -0.4 is 14.2 Å². The first-order chi connectivity index (χ1) is 17.1. The Bertz CT molecular complexity index is 1460. The lowest BCUT2D eigenvalue weighted by Crippen LogP contribution is -2.14. The molecule has 7 nitrogen and oxygen atoms in total. The van der Waals surface area contributed by atoms with E-state index < -0.39 is 16.0 Å². The van der Waals surface area contributed by atoms with Crippen molar-refractivity contribution in [1.29, 1.82) is 5.26 Å².